The average Bonchev–Trinajstić information content (AvgIpc) is 2.97. The molecule has 122 valence electrons. The van der Waals surface area contributed by atoms with Crippen molar-refractivity contribution in [3.05, 3.63) is 22.4 Å². The molecule has 0 radical (unpaired) electrons. The molecule has 2 aliphatic heterocycles. The van der Waals surface area contributed by atoms with Crippen LogP contribution in [0.25, 0.3) is 0 Å². The molecule has 0 aromatic carbocycles. The van der Waals surface area contributed by atoms with Crippen molar-refractivity contribution in [2.75, 3.05) is 26.2 Å². The van der Waals surface area contributed by atoms with Crippen LogP contribution in [0.2, 0.25) is 0 Å². The van der Waals surface area contributed by atoms with E-state index < -0.39 is 0 Å². The predicted molar refractivity (Wildman–Crippen MR) is 92.5 cm³/mol. The van der Waals surface area contributed by atoms with Gasteiger partial charge >= 0.3 is 0 Å². The fraction of sp³-hybridized carbons (Fsp3) is 0.722. The van der Waals surface area contributed by atoms with Crippen LogP contribution in [0.5, 0.6) is 0 Å². The van der Waals surface area contributed by atoms with Gasteiger partial charge in [0.2, 0.25) is 0 Å². The molecule has 2 aliphatic rings. The molecule has 22 heavy (non-hydrogen) atoms. The van der Waals surface area contributed by atoms with Gasteiger partial charge in [0, 0.05) is 19.1 Å². The van der Waals surface area contributed by atoms with Crippen molar-refractivity contribution in [1.29, 1.82) is 0 Å². The minimum atomic E-state index is 0.260. The van der Waals surface area contributed by atoms with E-state index in [0.717, 1.165) is 24.3 Å². The van der Waals surface area contributed by atoms with E-state index in [1.54, 1.807) is 11.3 Å². The van der Waals surface area contributed by atoms with Crippen LogP contribution in [0.1, 0.15) is 61.0 Å². The Morgan fingerprint density at radius 3 is 2.59 bits per heavy atom. The van der Waals surface area contributed by atoms with E-state index >= 15 is 0 Å². The Morgan fingerprint density at radius 1 is 1.09 bits per heavy atom. The van der Waals surface area contributed by atoms with E-state index in [0.29, 0.717) is 6.04 Å². The van der Waals surface area contributed by atoms with E-state index in [1.807, 2.05) is 17.5 Å². The van der Waals surface area contributed by atoms with Gasteiger partial charge in [-0.3, -0.25) is 4.79 Å². The second-order valence-corrected chi connectivity index (χ2v) is 7.62. The summed E-state index contributed by atoms with van der Waals surface area (Å²) in [6.45, 7) is 4.62. The first-order chi connectivity index (χ1) is 10.8. The van der Waals surface area contributed by atoms with Gasteiger partial charge in [-0.25, -0.2) is 0 Å². The summed E-state index contributed by atoms with van der Waals surface area (Å²) in [7, 11) is 0. The number of hydrogen-bond donors (Lipinski definition) is 0. The Kier molecular flexibility index (Phi) is 5.90. The van der Waals surface area contributed by atoms with Crippen molar-refractivity contribution in [3.63, 3.8) is 0 Å². The quantitative estimate of drug-likeness (QED) is 0.837. The zero-order valence-electron chi connectivity index (χ0n) is 13.5. The maximum atomic E-state index is 12.7. The Balaban J connectivity index is 1.56. The van der Waals surface area contributed by atoms with Gasteiger partial charge in [-0.1, -0.05) is 18.9 Å². The van der Waals surface area contributed by atoms with Gasteiger partial charge in [0.15, 0.2) is 0 Å². The van der Waals surface area contributed by atoms with Crippen LogP contribution in [0.3, 0.4) is 0 Å². The monoisotopic (exact) mass is 320 g/mol. The van der Waals surface area contributed by atoms with E-state index in [2.05, 4.69) is 9.80 Å². The van der Waals surface area contributed by atoms with Gasteiger partial charge in [0.25, 0.3) is 5.91 Å². The minimum Gasteiger partial charge on any atom is -0.335 e. The number of hydrogen-bond acceptors (Lipinski definition) is 3. The maximum Gasteiger partial charge on any atom is 0.264 e. The lowest BCUT2D eigenvalue weighted by molar-refractivity contribution is 0.0589. The highest BCUT2D eigenvalue weighted by Crippen LogP contribution is 2.24. The third-order valence-electron chi connectivity index (χ3n) is 5.10. The first kappa shape index (κ1) is 16.0. The van der Waals surface area contributed by atoms with Crippen LogP contribution >= 0.6 is 11.3 Å². The molecule has 3 heterocycles. The topological polar surface area (TPSA) is 23.6 Å². The number of rotatable bonds is 4. The molecule has 3 nitrogen and oxygen atoms in total. The Hall–Kier alpha value is -0.870. The summed E-state index contributed by atoms with van der Waals surface area (Å²) >= 11 is 1.57. The molecule has 4 heteroatoms. The lowest BCUT2D eigenvalue weighted by Crippen LogP contribution is -2.45. The second-order valence-electron chi connectivity index (χ2n) is 6.67. The fourth-order valence-corrected chi connectivity index (χ4v) is 4.48. The molecule has 1 amide bonds. The van der Waals surface area contributed by atoms with Crippen LogP contribution in [-0.2, 0) is 0 Å². The second kappa shape index (κ2) is 8.11. The molecule has 1 aromatic heterocycles. The highest BCUT2D eigenvalue weighted by Gasteiger charge is 2.28. The van der Waals surface area contributed by atoms with Gasteiger partial charge in [-0.05, 0) is 63.1 Å². The first-order valence-corrected chi connectivity index (χ1v) is 9.79. The Morgan fingerprint density at radius 2 is 1.86 bits per heavy atom. The summed E-state index contributed by atoms with van der Waals surface area (Å²) in [6, 6.07) is 4.40. The lowest BCUT2D eigenvalue weighted by Gasteiger charge is -2.36. The molecule has 2 saturated heterocycles. The van der Waals surface area contributed by atoms with E-state index in [1.165, 1.54) is 58.2 Å². The fourth-order valence-electron chi connectivity index (χ4n) is 3.80. The van der Waals surface area contributed by atoms with Gasteiger partial charge in [0.05, 0.1) is 4.88 Å². The number of carbonyl (C=O) groups excluding carboxylic acids is 1. The average molecular weight is 321 g/mol. The molecule has 0 aliphatic carbocycles. The summed E-state index contributed by atoms with van der Waals surface area (Å²) in [5.41, 5.74) is 0. The van der Waals surface area contributed by atoms with Crippen molar-refractivity contribution < 1.29 is 4.79 Å². The normalized spacial score (nSPS) is 24.2. The Labute approximate surface area is 138 Å². The third kappa shape index (κ3) is 4.11. The number of carbonyl (C=O) groups is 1. The van der Waals surface area contributed by atoms with Crippen molar-refractivity contribution in [2.24, 2.45) is 0 Å². The largest absolute Gasteiger partial charge is 0.335 e. The van der Waals surface area contributed by atoms with Crippen LogP contribution in [0, 0.1) is 0 Å². The van der Waals surface area contributed by atoms with Crippen molar-refractivity contribution in [1.82, 2.24) is 9.80 Å². The van der Waals surface area contributed by atoms with Gasteiger partial charge < -0.3 is 9.80 Å². The minimum absolute atomic E-state index is 0.260. The molecule has 3 rings (SSSR count). The summed E-state index contributed by atoms with van der Waals surface area (Å²) in [5.74, 6) is 0.260. The third-order valence-corrected chi connectivity index (χ3v) is 5.96. The number of amides is 1. The summed E-state index contributed by atoms with van der Waals surface area (Å²) in [4.78, 5) is 18.4. The molecule has 0 N–H and O–H groups in total. The Bertz CT molecular complexity index is 452. The number of piperidine rings is 1. The molecule has 1 atom stereocenters. The van der Waals surface area contributed by atoms with Crippen molar-refractivity contribution in [2.45, 2.75) is 57.4 Å². The molecule has 2 fully saturated rings. The van der Waals surface area contributed by atoms with Crippen LogP contribution in [0.15, 0.2) is 17.5 Å². The van der Waals surface area contributed by atoms with Gasteiger partial charge in [0.1, 0.15) is 0 Å². The van der Waals surface area contributed by atoms with Crippen molar-refractivity contribution >= 4 is 17.2 Å². The van der Waals surface area contributed by atoms with Crippen molar-refractivity contribution in [3.8, 4) is 0 Å². The summed E-state index contributed by atoms with van der Waals surface area (Å²) in [6.07, 6.45) is 10.3. The molecular weight excluding hydrogens is 292 g/mol. The van der Waals surface area contributed by atoms with Crippen LogP contribution in [0.4, 0.5) is 0 Å². The van der Waals surface area contributed by atoms with Gasteiger partial charge in [-0.15, -0.1) is 11.3 Å². The first-order valence-electron chi connectivity index (χ1n) is 8.91. The molecule has 1 unspecified atom stereocenters. The van der Waals surface area contributed by atoms with Crippen LogP contribution in [-0.4, -0.2) is 47.9 Å². The zero-order chi connectivity index (χ0) is 15.2. The summed E-state index contributed by atoms with van der Waals surface area (Å²) in [5, 5.41) is 2.00. The molecule has 0 spiro atoms. The molecular formula is C18H28N2OS. The van der Waals surface area contributed by atoms with Gasteiger partial charge in [-0.2, -0.15) is 0 Å². The lowest BCUT2D eigenvalue weighted by atomic mass is 9.98. The van der Waals surface area contributed by atoms with E-state index in [9.17, 15) is 4.79 Å². The summed E-state index contributed by atoms with van der Waals surface area (Å²) < 4.78 is 0. The smallest absolute Gasteiger partial charge is 0.264 e. The molecule has 0 bridgehead atoms. The SMILES string of the molecule is O=C(c1cccs1)N1CCCCC1CCN1CCCCCC1. The van der Waals surface area contributed by atoms with Crippen LogP contribution < -0.4 is 0 Å². The standard InChI is InChI=1S/C18H28N2OS/c21-18(17-9-7-15-22-17)20-13-6-3-8-16(20)10-14-19-11-4-1-2-5-12-19/h7,9,15-16H,1-6,8,10-14H2. The van der Waals surface area contributed by atoms with E-state index in [4.69, 9.17) is 0 Å². The highest BCUT2D eigenvalue weighted by atomic mass is 32.1. The molecule has 0 saturated carbocycles. The zero-order valence-corrected chi connectivity index (χ0v) is 14.3. The predicted octanol–water partition coefficient (Wildman–Crippen LogP) is 4.01. The number of likely N-dealkylation sites (tertiary alicyclic amines) is 2. The number of nitrogens with zero attached hydrogens (tertiary/aromatic N) is 2. The molecule has 1 aromatic rings. The van der Waals surface area contributed by atoms with E-state index in [-0.39, 0.29) is 5.91 Å². The highest BCUT2D eigenvalue weighted by molar-refractivity contribution is 7.12. The maximum absolute atomic E-state index is 12.7. The number of thiophene rings is 1.